The Morgan fingerprint density at radius 3 is 2.77 bits per heavy atom. The summed E-state index contributed by atoms with van der Waals surface area (Å²) in [6.07, 6.45) is 3.17. The lowest BCUT2D eigenvalue weighted by molar-refractivity contribution is 0.0714. The van der Waals surface area contributed by atoms with E-state index < -0.39 is 0 Å². The fourth-order valence-electron chi connectivity index (χ4n) is 3.65. The first-order valence-corrected chi connectivity index (χ1v) is 9.75. The molecule has 0 spiro atoms. The van der Waals surface area contributed by atoms with Gasteiger partial charge in [-0.1, -0.05) is 6.07 Å². The second-order valence-electron chi connectivity index (χ2n) is 7.32. The molecule has 1 aliphatic heterocycles. The molecule has 3 N–H and O–H groups in total. The van der Waals surface area contributed by atoms with Crippen molar-refractivity contribution in [3.8, 4) is 11.5 Å². The Kier molecular flexibility index (Phi) is 4.35. The number of imidazole rings is 1. The van der Waals surface area contributed by atoms with Gasteiger partial charge in [0.2, 0.25) is 0 Å². The third-order valence-electron chi connectivity index (χ3n) is 5.27. The standard InChI is InChI=1S/C21H21N7O2/c1-13-4-5-14-15(11-13)25-20(24-14)18-19(22)23-12-17(26-18)27-6-8-28(9-7-27)21(29)16-3-2-10-30-16/h2-5,10-12H,6-9H2,1H3,(H2,22,23)(H,24,25). The zero-order valence-electron chi connectivity index (χ0n) is 16.5. The number of nitrogens with two attached hydrogens (primary N) is 1. The summed E-state index contributed by atoms with van der Waals surface area (Å²) in [6.45, 7) is 4.47. The number of nitrogens with one attached hydrogen (secondary N) is 1. The monoisotopic (exact) mass is 403 g/mol. The normalized spacial score (nSPS) is 14.4. The van der Waals surface area contributed by atoms with Crippen molar-refractivity contribution < 1.29 is 9.21 Å². The van der Waals surface area contributed by atoms with Gasteiger partial charge in [0.15, 0.2) is 23.1 Å². The van der Waals surface area contributed by atoms with Crippen LogP contribution in [0.1, 0.15) is 16.1 Å². The zero-order valence-corrected chi connectivity index (χ0v) is 16.5. The fraction of sp³-hybridized carbons (Fsp3) is 0.238. The lowest BCUT2D eigenvalue weighted by atomic mass is 10.2. The summed E-state index contributed by atoms with van der Waals surface area (Å²) in [7, 11) is 0. The first kappa shape index (κ1) is 18.2. The number of anilines is 2. The van der Waals surface area contributed by atoms with E-state index in [1.54, 1.807) is 23.2 Å². The molecule has 1 aliphatic rings. The number of carbonyl (C=O) groups excluding carboxylic acids is 1. The maximum atomic E-state index is 12.5. The highest BCUT2D eigenvalue weighted by atomic mass is 16.3. The molecule has 9 nitrogen and oxygen atoms in total. The second kappa shape index (κ2) is 7.18. The number of rotatable bonds is 3. The molecule has 1 saturated heterocycles. The van der Waals surface area contributed by atoms with Crippen molar-refractivity contribution in [2.75, 3.05) is 36.8 Å². The first-order chi connectivity index (χ1) is 14.6. The number of amides is 1. The van der Waals surface area contributed by atoms with Gasteiger partial charge in [-0.2, -0.15) is 0 Å². The van der Waals surface area contributed by atoms with Gasteiger partial charge in [-0.05, 0) is 36.8 Å². The molecule has 4 heterocycles. The number of piperazine rings is 1. The molecule has 4 aromatic rings. The minimum Gasteiger partial charge on any atom is -0.459 e. The molecule has 1 fully saturated rings. The molecule has 5 rings (SSSR count). The van der Waals surface area contributed by atoms with Crippen molar-refractivity contribution >= 4 is 28.6 Å². The Bertz CT molecular complexity index is 1210. The highest BCUT2D eigenvalue weighted by Gasteiger charge is 2.25. The summed E-state index contributed by atoms with van der Waals surface area (Å²) < 4.78 is 5.22. The van der Waals surface area contributed by atoms with Crippen molar-refractivity contribution in [2.45, 2.75) is 6.92 Å². The van der Waals surface area contributed by atoms with Crippen LogP contribution in [0.2, 0.25) is 0 Å². The van der Waals surface area contributed by atoms with Crippen molar-refractivity contribution in [3.63, 3.8) is 0 Å². The molecule has 0 saturated carbocycles. The van der Waals surface area contributed by atoms with Crippen LogP contribution in [0.5, 0.6) is 0 Å². The van der Waals surface area contributed by atoms with E-state index in [9.17, 15) is 4.79 Å². The molecular formula is C21H21N7O2. The number of nitrogen functional groups attached to an aromatic ring is 1. The number of H-pyrrole nitrogens is 1. The summed E-state index contributed by atoms with van der Waals surface area (Å²) in [5.74, 6) is 1.88. The number of hydrogen-bond acceptors (Lipinski definition) is 7. The average molecular weight is 403 g/mol. The van der Waals surface area contributed by atoms with E-state index in [-0.39, 0.29) is 5.91 Å². The minimum atomic E-state index is -0.0960. The first-order valence-electron chi connectivity index (χ1n) is 9.75. The van der Waals surface area contributed by atoms with Crippen LogP contribution in [0, 0.1) is 6.92 Å². The fourth-order valence-corrected chi connectivity index (χ4v) is 3.65. The molecule has 0 radical (unpaired) electrons. The lowest BCUT2D eigenvalue weighted by Gasteiger charge is -2.34. The second-order valence-corrected chi connectivity index (χ2v) is 7.32. The van der Waals surface area contributed by atoms with Crippen LogP contribution in [0.4, 0.5) is 11.6 Å². The van der Waals surface area contributed by atoms with Gasteiger partial charge in [0.1, 0.15) is 5.82 Å². The van der Waals surface area contributed by atoms with Gasteiger partial charge in [-0.3, -0.25) is 4.79 Å². The van der Waals surface area contributed by atoms with Gasteiger partial charge >= 0.3 is 0 Å². The number of furan rings is 1. The summed E-state index contributed by atoms with van der Waals surface area (Å²) in [4.78, 5) is 33.3. The summed E-state index contributed by atoms with van der Waals surface area (Å²) in [6, 6.07) is 9.42. The van der Waals surface area contributed by atoms with Gasteiger partial charge in [-0.25, -0.2) is 15.0 Å². The minimum absolute atomic E-state index is 0.0960. The maximum Gasteiger partial charge on any atom is 0.289 e. The Morgan fingerprint density at radius 2 is 2.00 bits per heavy atom. The molecule has 0 bridgehead atoms. The molecule has 1 amide bonds. The van der Waals surface area contributed by atoms with E-state index in [2.05, 4.69) is 19.9 Å². The quantitative estimate of drug-likeness (QED) is 0.539. The van der Waals surface area contributed by atoms with Crippen LogP contribution in [-0.4, -0.2) is 56.9 Å². The molecule has 152 valence electrons. The van der Waals surface area contributed by atoms with E-state index in [0.29, 0.717) is 55.1 Å². The molecular weight excluding hydrogens is 382 g/mol. The number of nitrogens with zero attached hydrogens (tertiary/aromatic N) is 5. The number of fused-ring (bicyclic) bond motifs is 1. The number of hydrogen-bond donors (Lipinski definition) is 2. The molecule has 0 unspecified atom stereocenters. The number of aromatic amines is 1. The van der Waals surface area contributed by atoms with Gasteiger partial charge in [-0.15, -0.1) is 0 Å². The molecule has 3 aromatic heterocycles. The number of benzene rings is 1. The van der Waals surface area contributed by atoms with Crippen LogP contribution in [0.15, 0.2) is 47.2 Å². The largest absolute Gasteiger partial charge is 0.459 e. The summed E-state index contributed by atoms with van der Waals surface area (Å²) >= 11 is 0. The molecule has 0 aliphatic carbocycles. The number of aryl methyl sites for hydroxylation is 1. The van der Waals surface area contributed by atoms with E-state index in [1.807, 2.05) is 25.1 Å². The third kappa shape index (κ3) is 3.24. The third-order valence-corrected chi connectivity index (χ3v) is 5.27. The Hall–Kier alpha value is -3.88. The highest BCUT2D eigenvalue weighted by Crippen LogP contribution is 2.26. The smallest absolute Gasteiger partial charge is 0.289 e. The van der Waals surface area contributed by atoms with Crippen molar-refractivity contribution in [1.29, 1.82) is 0 Å². The Balaban J connectivity index is 1.36. The van der Waals surface area contributed by atoms with Crippen LogP contribution in [0.3, 0.4) is 0 Å². The van der Waals surface area contributed by atoms with Crippen LogP contribution in [-0.2, 0) is 0 Å². The molecule has 9 heteroatoms. The average Bonchev–Trinajstić information content (AvgIpc) is 3.43. The number of carbonyl (C=O) groups is 1. The van der Waals surface area contributed by atoms with Gasteiger partial charge < -0.3 is 24.9 Å². The van der Waals surface area contributed by atoms with Crippen LogP contribution >= 0.6 is 0 Å². The van der Waals surface area contributed by atoms with E-state index in [0.717, 1.165) is 16.6 Å². The molecule has 0 atom stereocenters. The van der Waals surface area contributed by atoms with Gasteiger partial charge in [0, 0.05) is 26.2 Å². The summed E-state index contributed by atoms with van der Waals surface area (Å²) in [5, 5.41) is 0. The predicted molar refractivity (Wildman–Crippen MR) is 113 cm³/mol. The van der Waals surface area contributed by atoms with Crippen molar-refractivity contribution in [2.24, 2.45) is 0 Å². The summed E-state index contributed by atoms with van der Waals surface area (Å²) in [5.41, 5.74) is 9.56. The topological polar surface area (TPSA) is 117 Å². The lowest BCUT2D eigenvalue weighted by Crippen LogP contribution is -2.49. The zero-order chi connectivity index (χ0) is 20.7. The highest BCUT2D eigenvalue weighted by molar-refractivity contribution is 5.91. The SMILES string of the molecule is Cc1ccc2nc(-c3nc(N4CCN(C(=O)c5ccco5)CC4)cnc3N)[nH]c2c1. The number of aromatic nitrogens is 4. The van der Waals surface area contributed by atoms with Gasteiger partial charge in [0.25, 0.3) is 5.91 Å². The predicted octanol–water partition coefficient (Wildman–Crippen LogP) is 2.47. The van der Waals surface area contributed by atoms with E-state index in [4.69, 9.17) is 15.1 Å². The van der Waals surface area contributed by atoms with E-state index in [1.165, 1.54) is 6.26 Å². The van der Waals surface area contributed by atoms with E-state index >= 15 is 0 Å². The Morgan fingerprint density at radius 1 is 1.17 bits per heavy atom. The Labute approximate surface area is 172 Å². The molecule has 30 heavy (non-hydrogen) atoms. The molecule has 1 aromatic carbocycles. The maximum absolute atomic E-state index is 12.5. The van der Waals surface area contributed by atoms with Crippen LogP contribution < -0.4 is 10.6 Å². The van der Waals surface area contributed by atoms with Gasteiger partial charge in [0.05, 0.1) is 23.5 Å². The van der Waals surface area contributed by atoms with Crippen molar-refractivity contribution in [3.05, 3.63) is 54.1 Å². The van der Waals surface area contributed by atoms with Crippen molar-refractivity contribution in [1.82, 2.24) is 24.8 Å². The van der Waals surface area contributed by atoms with Crippen LogP contribution in [0.25, 0.3) is 22.6 Å².